The first-order valence-electron chi connectivity index (χ1n) is 6.94. The molecule has 0 aliphatic carbocycles. The second kappa shape index (κ2) is 7.57. The Morgan fingerprint density at radius 2 is 2.00 bits per heavy atom. The molecule has 0 aliphatic heterocycles. The number of nitrogens with zero attached hydrogens (tertiary/aromatic N) is 1. The number of rotatable bonds is 4. The number of hydrogen-bond donors (Lipinski definition) is 1. The number of nitriles is 1. The average molecular weight is 329 g/mol. The Morgan fingerprint density at radius 1 is 1.30 bits per heavy atom. The molecular weight excluding hydrogens is 315 g/mol. The molecule has 0 saturated carbocycles. The lowest BCUT2D eigenvalue weighted by molar-refractivity contribution is -0.117. The van der Waals surface area contributed by atoms with Gasteiger partial charge in [-0.2, -0.15) is 5.26 Å². The van der Waals surface area contributed by atoms with Crippen molar-refractivity contribution < 1.29 is 9.18 Å². The Bertz CT molecular complexity index is 781. The number of hydrogen-bond acceptors (Lipinski definition) is 2. The van der Waals surface area contributed by atoms with Gasteiger partial charge in [0.15, 0.2) is 0 Å². The average Bonchev–Trinajstić information content (AvgIpc) is 2.54. The van der Waals surface area contributed by atoms with Gasteiger partial charge in [-0.05, 0) is 36.3 Å². The van der Waals surface area contributed by atoms with Crippen molar-refractivity contribution in [2.75, 3.05) is 0 Å². The largest absolute Gasteiger partial charge is 0.345 e. The van der Waals surface area contributed by atoms with Crippen molar-refractivity contribution in [3.63, 3.8) is 0 Å². The zero-order chi connectivity index (χ0) is 16.8. The molecule has 0 saturated heterocycles. The molecule has 0 aliphatic rings. The highest BCUT2D eigenvalue weighted by molar-refractivity contribution is 6.32. The minimum Gasteiger partial charge on any atom is -0.345 e. The highest BCUT2D eigenvalue weighted by Gasteiger charge is 2.14. The first-order valence-corrected chi connectivity index (χ1v) is 7.31. The van der Waals surface area contributed by atoms with E-state index in [-0.39, 0.29) is 16.6 Å². The molecule has 1 N–H and O–H groups in total. The number of halogens is 2. The summed E-state index contributed by atoms with van der Waals surface area (Å²) < 4.78 is 13.0. The van der Waals surface area contributed by atoms with E-state index in [1.807, 2.05) is 43.3 Å². The van der Waals surface area contributed by atoms with E-state index < -0.39 is 11.7 Å². The lowest BCUT2D eigenvalue weighted by atomic mass is 10.1. The second-order valence-corrected chi connectivity index (χ2v) is 5.35. The van der Waals surface area contributed by atoms with E-state index in [1.54, 1.807) is 0 Å². The summed E-state index contributed by atoms with van der Waals surface area (Å²) in [6, 6.07) is 14.8. The lowest BCUT2D eigenvalue weighted by Gasteiger charge is -2.13. The Hall–Kier alpha value is -2.64. The summed E-state index contributed by atoms with van der Waals surface area (Å²) in [5, 5.41) is 12.1. The summed E-state index contributed by atoms with van der Waals surface area (Å²) in [6.07, 6.45) is 1.34. The first-order chi connectivity index (χ1) is 11.0. The van der Waals surface area contributed by atoms with Crippen molar-refractivity contribution in [3.05, 3.63) is 76.1 Å². The van der Waals surface area contributed by atoms with Gasteiger partial charge >= 0.3 is 0 Å². The summed E-state index contributed by atoms with van der Waals surface area (Å²) in [5.74, 6) is -0.989. The van der Waals surface area contributed by atoms with Gasteiger partial charge in [0.2, 0.25) is 0 Å². The highest BCUT2D eigenvalue weighted by atomic mass is 35.5. The van der Waals surface area contributed by atoms with E-state index in [4.69, 9.17) is 11.6 Å². The van der Waals surface area contributed by atoms with Crippen molar-refractivity contribution in [1.82, 2.24) is 5.32 Å². The standard InChI is InChI=1S/C18H14ClFN2O/c1-12(13-5-3-2-4-6-13)22-18(23)15(11-21)9-14-7-8-16(20)10-17(14)19/h2-10,12H,1H3,(H,22,23)/b15-9-. The molecule has 0 radical (unpaired) electrons. The molecule has 1 atom stereocenters. The maximum atomic E-state index is 13.0. The third kappa shape index (κ3) is 4.41. The summed E-state index contributed by atoms with van der Waals surface area (Å²) in [4.78, 5) is 12.2. The quantitative estimate of drug-likeness (QED) is 0.673. The van der Waals surface area contributed by atoms with E-state index in [0.717, 1.165) is 11.6 Å². The van der Waals surface area contributed by atoms with Crippen molar-refractivity contribution in [2.45, 2.75) is 13.0 Å². The molecule has 2 aromatic rings. The van der Waals surface area contributed by atoms with E-state index in [0.29, 0.717) is 5.56 Å². The molecule has 0 bridgehead atoms. The Balaban J connectivity index is 2.19. The fraction of sp³-hybridized carbons (Fsp3) is 0.111. The molecule has 1 amide bonds. The van der Waals surface area contributed by atoms with Crippen LogP contribution in [0.25, 0.3) is 6.08 Å². The summed E-state index contributed by atoms with van der Waals surface area (Å²) >= 11 is 5.91. The van der Waals surface area contributed by atoms with Crippen LogP contribution >= 0.6 is 11.6 Å². The van der Waals surface area contributed by atoms with Crippen molar-refractivity contribution in [2.24, 2.45) is 0 Å². The van der Waals surface area contributed by atoms with E-state index in [1.165, 1.54) is 18.2 Å². The van der Waals surface area contributed by atoms with E-state index in [9.17, 15) is 14.4 Å². The zero-order valence-electron chi connectivity index (χ0n) is 12.4. The SMILES string of the molecule is CC(NC(=O)/C(C#N)=C\c1ccc(F)cc1Cl)c1ccccc1. The van der Waals surface area contributed by atoms with Crippen LogP contribution in [-0.2, 0) is 4.79 Å². The fourth-order valence-electron chi connectivity index (χ4n) is 2.02. The molecule has 5 heteroatoms. The molecule has 0 heterocycles. The fourth-order valence-corrected chi connectivity index (χ4v) is 2.24. The second-order valence-electron chi connectivity index (χ2n) is 4.94. The minimum atomic E-state index is -0.510. The Labute approximate surface area is 139 Å². The number of benzene rings is 2. The van der Waals surface area contributed by atoms with Crippen LogP contribution in [0.5, 0.6) is 0 Å². The van der Waals surface area contributed by atoms with Gasteiger partial charge in [-0.25, -0.2) is 4.39 Å². The van der Waals surface area contributed by atoms with Crippen LogP contribution in [-0.4, -0.2) is 5.91 Å². The smallest absolute Gasteiger partial charge is 0.262 e. The molecule has 116 valence electrons. The predicted octanol–water partition coefficient (Wildman–Crippen LogP) is 4.26. The monoisotopic (exact) mass is 328 g/mol. The zero-order valence-corrected chi connectivity index (χ0v) is 13.1. The van der Waals surface area contributed by atoms with Gasteiger partial charge in [0, 0.05) is 0 Å². The molecule has 0 aromatic heterocycles. The van der Waals surface area contributed by atoms with Crippen molar-refractivity contribution in [3.8, 4) is 6.07 Å². The van der Waals surface area contributed by atoms with Crippen molar-refractivity contribution >= 4 is 23.6 Å². The predicted molar refractivity (Wildman–Crippen MR) is 88.0 cm³/mol. The van der Waals surface area contributed by atoms with Crippen LogP contribution in [0.4, 0.5) is 4.39 Å². The van der Waals surface area contributed by atoms with Crippen LogP contribution in [0.3, 0.4) is 0 Å². The topological polar surface area (TPSA) is 52.9 Å². The minimum absolute atomic E-state index is 0.0960. The van der Waals surface area contributed by atoms with E-state index in [2.05, 4.69) is 5.32 Å². The maximum Gasteiger partial charge on any atom is 0.262 e. The number of carbonyl (C=O) groups excluding carboxylic acids is 1. The molecule has 23 heavy (non-hydrogen) atoms. The Morgan fingerprint density at radius 3 is 2.61 bits per heavy atom. The van der Waals surface area contributed by atoms with Crippen LogP contribution < -0.4 is 5.32 Å². The van der Waals surface area contributed by atoms with Crippen molar-refractivity contribution in [1.29, 1.82) is 5.26 Å². The normalized spacial score (nSPS) is 12.3. The molecule has 3 nitrogen and oxygen atoms in total. The Kier molecular flexibility index (Phi) is 5.51. The van der Waals surface area contributed by atoms with Crippen LogP contribution in [0.15, 0.2) is 54.1 Å². The van der Waals surface area contributed by atoms with Crippen LogP contribution in [0.1, 0.15) is 24.1 Å². The number of nitrogens with one attached hydrogen (secondary N) is 1. The van der Waals surface area contributed by atoms with Gasteiger partial charge < -0.3 is 5.32 Å². The molecule has 0 fully saturated rings. The number of carbonyl (C=O) groups is 1. The molecule has 2 aromatic carbocycles. The van der Waals surface area contributed by atoms with Gasteiger partial charge in [0.05, 0.1) is 11.1 Å². The van der Waals surface area contributed by atoms with Gasteiger partial charge in [-0.3, -0.25) is 4.79 Å². The molecular formula is C18H14ClFN2O. The summed E-state index contributed by atoms with van der Waals surface area (Å²) in [5.41, 5.74) is 1.24. The van der Waals surface area contributed by atoms with Gasteiger partial charge in [0.1, 0.15) is 17.5 Å². The van der Waals surface area contributed by atoms with E-state index >= 15 is 0 Å². The lowest BCUT2D eigenvalue weighted by Crippen LogP contribution is -2.27. The highest BCUT2D eigenvalue weighted by Crippen LogP contribution is 2.20. The summed E-state index contributed by atoms with van der Waals surface area (Å²) in [7, 11) is 0. The van der Waals surface area contributed by atoms with Gasteiger partial charge in [-0.1, -0.05) is 48.0 Å². The third-order valence-corrected chi connectivity index (χ3v) is 3.60. The third-order valence-electron chi connectivity index (χ3n) is 3.27. The van der Waals surface area contributed by atoms with Crippen LogP contribution in [0, 0.1) is 17.1 Å². The van der Waals surface area contributed by atoms with Crippen LogP contribution in [0.2, 0.25) is 5.02 Å². The molecule has 1 unspecified atom stereocenters. The van der Waals surface area contributed by atoms with Gasteiger partial charge in [-0.15, -0.1) is 0 Å². The first kappa shape index (κ1) is 16.7. The van der Waals surface area contributed by atoms with Gasteiger partial charge in [0.25, 0.3) is 5.91 Å². The summed E-state index contributed by atoms with van der Waals surface area (Å²) in [6.45, 7) is 1.83. The molecule has 0 spiro atoms. The number of amides is 1. The maximum absolute atomic E-state index is 13.0. The molecule has 2 rings (SSSR count).